The highest BCUT2D eigenvalue weighted by atomic mass is 32.2. The van der Waals surface area contributed by atoms with Gasteiger partial charge in [0.25, 0.3) is 0 Å². The zero-order valence-corrected chi connectivity index (χ0v) is 9.16. The molecule has 0 aromatic rings. The second-order valence-electron chi connectivity index (χ2n) is 3.83. The summed E-state index contributed by atoms with van der Waals surface area (Å²) in [5, 5.41) is 8.39. The van der Waals surface area contributed by atoms with Crippen LogP contribution in [0.25, 0.3) is 0 Å². The van der Waals surface area contributed by atoms with Crippen LogP contribution in [0.5, 0.6) is 0 Å². The second kappa shape index (κ2) is 4.91. The molecule has 0 unspecified atom stereocenters. The van der Waals surface area contributed by atoms with Crippen LogP contribution in [0.4, 0.5) is 0 Å². The smallest absolute Gasteiger partial charge is 0.320 e. The maximum absolute atomic E-state index is 11.3. The van der Waals surface area contributed by atoms with Crippen LogP contribution in [0.1, 0.15) is 25.7 Å². The Morgan fingerprint density at radius 1 is 1.40 bits per heavy atom. The molecule has 0 heterocycles. The standard InChI is InChI=1S/C8H16N2O4S/c9-6-3-1-2-4-7(6)10-15(13,14)5-8(11)12/h6-7,10H,1-5,9H2,(H,11,12)/t6-,7-/m1/s1. The van der Waals surface area contributed by atoms with Crippen molar-refractivity contribution in [2.75, 3.05) is 5.75 Å². The molecule has 0 aliphatic heterocycles. The Labute approximate surface area is 88.9 Å². The number of hydrogen-bond donors (Lipinski definition) is 3. The summed E-state index contributed by atoms with van der Waals surface area (Å²) in [7, 11) is -3.74. The van der Waals surface area contributed by atoms with Gasteiger partial charge in [0.05, 0.1) is 0 Å². The molecule has 0 aromatic heterocycles. The molecule has 0 radical (unpaired) electrons. The maximum atomic E-state index is 11.3. The van der Waals surface area contributed by atoms with Crippen molar-refractivity contribution in [3.05, 3.63) is 0 Å². The molecular formula is C8H16N2O4S. The van der Waals surface area contributed by atoms with Gasteiger partial charge in [-0.15, -0.1) is 0 Å². The van der Waals surface area contributed by atoms with Gasteiger partial charge in [-0.2, -0.15) is 0 Å². The van der Waals surface area contributed by atoms with Gasteiger partial charge in [-0.3, -0.25) is 4.79 Å². The highest BCUT2D eigenvalue weighted by molar-refractivity contribution is 7.90. The molecule has 0 saturated heterocycles. The fourth-order valence-electron chi connectivity index (χ4n) is 1.74. The fourth-order valence-corrected chi connectivity index (χ4v) is 2.90. The van der Waals surface area contributed by atoms with Crippen molar-refractivity contribution in [3.63, 3.8) is 0 Å². The Kier molecular flexibility index (Phi) is 4.06. The lowest BCUT2D eigenvalue weighted by Crippen LogP contribution is -2.50. The molecule has 1 rings (SSSR count). The Morgan fingerprint density at radius 3 is 2.53 bits per heavy atom. The topological polar surface area (TPSA) is 109 Å². The molecule has 1 saturated carbocycles. The van der Waals surface area contributed by atoms with Gasteiger partial charge in [0, 0.05) is 12.1 Å². The first-order valence-electron chi connectivity index (χ1n) is 4.88. The summed E-state index contributed by atoms with van der Waals surface area (Å²) in [5.74, 6) is -2.25. The number of nitrogens with two attached hydrogens (primary N) is 1. The lowest BCUT2D eigenvalue weighted by Gasteiger charge is -2.28. The monoisotopic (exact) mass is 236 g/mol. The van der Waals surface area contributed by atoms with Gasteiger partial charge < -0.3 is 10.8 Å². The van der Waals surface area contributed by atoms with Crippen LogP contribution in [0.3, 0.4) is 0 Å². The summed E-state index contributed by atoms with van der Waals surface area (Å²) >= 11 is 0. The third-order valence-electron chi connectivity index (χ3n) is 2.46. The van der Waals surface area contributed by atoms with E-state index in [4.69, 9.17) is 10.8 Å². The third kappa shape index (κ3) is 4.15. The number of carboxylic acid groups (broad SMARTS) is 1. The van der Waals surface area contributed by atoms with Crippen molar-refractivity contribution in [1.82, 2.24) is 4.72 Å². The zero-order valence-electron chi connectivity index (χ0n) is 8.35. The van der Waals surface area contributed by atoms with E-state index in [9.17, 15) is 13.2 Å². The van der Waals surface area contributed by atoms with Crippen molar-refractivity contribution in [1.29, 1.82) is 0 Å². The van der Waals surface area contributed by atoms with E-state index >= 15 is 0 Å². The molecule has 2 atom stereocenters. The first-order valence-corrected chi connectivity index (χ1v) is 6.53. The van der Waals surface area contributed by atoms with Gasteiger partial charge in [0.15, 0.2) is 5.75 Å². The highest BCUT2D eigenvalue weighted by Crippen LogP contribution is 2.17. The third-order valence-corrected chi connectivity index (χ3v) is 3.75. The average Bonchev–Trinajstić information content (AvgIpc) is 2.06. The second-order valence-corrected chi connectivity index (χ2v) is 5.58. The van der Waals surface area contributed by atoms with Crippen LogP contribution in [0, 0.1) is 0 Å². The van der Waals surface area contributed by atoms with E-state index in [2.05, 4.69) is 4.72 Å². The molecule has 88 valence electrons. The fraction of sp³-hybridized carbons (Fsp3) is 0.875. The van der Waals surface area contributed by atoms with Crippen molar-refractivity contribution in [3.8, 4) is 0 Å². The van der Waals surface area contributed by atoms with E-state index in [1.807, 2.05) is 0 Å². The lowest BCUT2D eigenvalue weighted by atomic mass is 9.92. The summed E-state index contributed by atoms with van der Waals surface area (Å²) in [4.78, 5) is 10.3. The van der Waals surface area contributed by atoms with Crippen LogP contribution < -0.4 is 10.5 Å². The molecule has 0 bridgehead atoms. The van der Waals surface area contributed by atoms with Crippen molar-refractivity contribution in [2.45, 2.75) is 37.8 Å². The Morgan fingerprint density at radius 2 is 2.00 bits per heavy atom. The van der Waals surface area contributed by atoms with Crippen molar-refractivity contribution in [2.24, 2.45) is 5.73 Å². The minimum Gasteiger partial charge on any atom is -0.480 e. The number of carboxylic acids is 1. The quantitative estimate of drug-likeness (QED) is 0.595. The summed E-state index contributed by atoms with van der Waals surface area (Å²) in [6.45, 7) is 0. The van der Waals surface area contributed by atoms with E-state index in [1.165, 1.54) is 0 Å². The van der Waals surface area contributed by atoms with Gasteiger partial charge in [-0.1, -0.05) is 12.8 Å². The van der Waals surface area contributed by atoms with Gasteiger partial charge in [-0.25, -0.2) is 13.1 Å². The van der Waals surface area contributed by atoms with E-state index in [0.29, 0.717) is 6.42 Å². The molecule has 6 nitrogen and oxygen atoms in total. The predicted molar refractivity (Wildman–Crippen MR) is 54.8 cm³/mol. The first-order chi connectivity index (χ1) is 6.91. The molecule has 1 aliphatic carbocycles. The van der Waals surface area contributed by atoms with E-state index in [0.717, 1.165) is 19.3 Å². The van der Waals surface area contributed by atoms with Crippen LogP contribution in [-0.4, -0.2) is 37.3 Å². The Hall–Kier alpha value is -0.660. The van der Waals surface area contributed by atoms with E-state index in [-0.39, 0.29) is 12.1 Å². The van der Waals surface area contributed by atoms with Gasteiger partial charge in [0.1, 0.15) is 0 Å². The molecule has 0 spiro atoms. The average molecular weight is 236 g/mol. The highest BCUT2D eigenvalue weighted by Gasteiger charge is 2.27. The normalized spacial score (nSPS) is 27.5. The number of sulfonamides is 1. The molecule has 1 aliphatic rings. The summed E-state index contributed by atoms with van der Waals surface area (Å²) < 4.78 is 25.0. The first kappa shape index (κ1) is 12.4. The van der Waals surface area contributed by atoms with Crippen LogP contribution in [0.2, 0.25) is 0 Å². The molecule has 7 heteroatoms. The minimum atomic E-state index is -3.74. The number of carbonyl (C=O) groups is 1. The Bertz CT molecular complexity index is 328. The van der Waals surface area contributed by atoms with E-state index < -0.39 is 21.7 Å². The number of nitrogens with one attached hydrogen (secondary N) is 1. The summed E-state index contributed by atoms with van der Waals surface area (Å²) in [6, 6.07) is -0.523. The van der Waals surface area contributed by atoms with Gasteiger partial charge in [0.2, 0.25) is 10.0 Å². The van der Waals surface area contributed by atoms with Crippen LogP contribution in [0.15, 0.2) is 0 Å². The van der Waals surface area contributed by atoms with E-state index in [1.54, 1.807) is 0 Å². The van der Waals surface area contributed by atoms with Crippen molar-refractivity contribution >= 4 is 16.0 Å². The Balaban J connectivity index is 2.55. The predicted octanol–water partition coefficient (Wildman–Crippen LogP) is -0.740. The van der Waals surface area contributed by atoms with Gasteiger partial charge in [-0.05, 0) is 12.8 Å². The molecule has 0 amide bonds. The lowest BCUT2D eigenvalue weighted by molar-refractivity contribution is -0.134. The van der Waals surface area contributed by atoms with Crippen LogP contribution >= 0.6 is 0 Å². The molecule has 1 fully saturated rings. The number of hydrogen-bond acceptors (Lipinski definition) is 4. The SMILES string of the molecule is N[C@@H]1CCCC[C@H]1NS(=O)(=O)CC(=O)O. The summed E-state index contributed by atoms with van der Waals surface area (Å²) in [5.41, 5.74) is 5.74. The molecule has 4 N–H and O–H groups in total. The molecular weight excluding hydrogens is 220 g/mol. The maximum Gasteiger partial charge on any atom is 0.320 e. The summed E-state index contributed by atoms with van der Waals surface area (Å²) in [6.07, 6.45) is 3.38. The number of rotatable bonds is 4. The zero-order chi connectivity index (χ0) is 11.5. The van der Waals surface area contributed by atoms with Gasteiger partial charge >= 0.3 is 5.97 Å². The molecule has 15 heavy (non-hydrogen) atoms. The number of aliphatic carboxylic acids is 1. The van der Waals surface area contributed by atoms with Crippen LogP contribution in [-0.2, 0) is 14.8 Å². The molecule has 0 aromatic carbocycles. The van der Waals surface area contributed by atoms with Crippen molar-refractivity contribution < 1.29 is 18.3 Å². The minimum absolute atomic E-state index is 0.206. The largest absolute Gasteiger partial charge is 0.480 e.